The molecule has 0 spiro atoms. The molecule has 2 aliphatic heterocycles. The minimum absolute atomic E-state index is 0.0834. The number of aromatic hydroxyl groups is 1. The maximum atomic E-state index is 13.6. The molecular formula is C28H37N3O4. The van der Waals surface area contributed by atoms with Gasteiger partial charge in [0, 0.05) is 56.1 Å². The number of rotatable bonds is 5. The highest BCUT2D eigenvalue weighted by Crippen LogP contribution is 2.62. The Balaban J connectivity index is 1.33. The van der Waals surface area contributed by atoms with Gasteiger partial charge in [-0.15, -0.1) is 0 Å². The summed E-state index contributed by atoms with van der Waals surface area (Å²) in [6, 6.07) is 5.30. The molecule has 1 N–H and O–H groups in total. The zero-order valence-electron chi connectivity index (χ0n) is 21.0. The lowest BCUT2D eigenvalue weighted by Gasteiger charge is -2.54. The van der Waals surface area contributed by atoms with Crippen molar-refractivity contribution >= 4 is 22.8 Å². The largest absolute Gasteiger partial charge is 0.508 e. The monoisotopic (exact) mass is 479 g/mol. The van der Waals surface area contributed by atoms with Crippen LogP contribution in [0.25, 0.3) is 10.9 Å². The molecule has 7 heteroatoms. The van der Waals surface area contributed by atoms with E-state index in [0.29, 0.717) is 19.4 Å². The number of phenolic OH excluding ortho intramolecular Hbond substituents is 1. The van der Waals surface area contributed by atoms with Crippen LogP contribution in [-0.4, -0.2) is 77.7 Å². The van der Waals surface area contributed by atoms with Gasteiger partial charge in [-0.2, -0.15) is 0 Å². The second-order valence-electron chi connectivity index (χ2n) is 11.3. The van der Waals surface area contributed by atoms with E-state index in [2.05, 4.69) is 23.8 Å². The van der Waals surface area contributed by atoms with Gasteiger partial charge >= 0.3 is 5.97 Å². The number of aromatic nitrogens is 1. The lowest BCUT2D eigenvalue weighted by atomic mass is 9.51. The molecule has 0 amide bonds. The topological polar surface area (TPSA) is 75.0 Å². The number of phenols is 1. The van der Waals surface area contributed by atoms with Crippen LogP contribution in [0, 0.1) is 17.3 Å². The minimum atomic E-state index is -0.194. The van der Waals surface area contributed by atoms with Crippen molar-refractivity contribution in [2.45, 2.75) is 51.4 Å². The van der Waals surface area contributed by atoms with Crippen LogP contribution >= 0.6 is 0 Å². The van der Waals surface area contributed by atoms with Gasteiger partial charge in [0.2, 0.25) is 5.91 Å². The van der Waals surface area contributed by atoms with Crippen molar-refractivity contribution in [2.75, 3.05) is 46.4 Å². The molecule has 2 aromatic rings. The lowest BCUT2D eigenvalue weighted by Crippen LogP contribution is -2.51. The van der Waals surface area contributed by atoms with Crippen LogP contribution in [0.2, 0.25) is 0 Å². The molecule has 2 aliphatic carbocycles. The predicted molar refractivity (Wildman–Crippen MR) is 134 cm³/mol. The third-order valence-corrected chi connectivity index (χ3v) is 9.64. The summed E-state index contributed by atoms with van der Waals surface area (Å²) in [7, 11) is 2.14. The maximum Gasteiger partial charge on any atom is 0.309 e. The normalized spacial score (nSPS) is 30.9. The Morgan fingerprint density at radius 3 is 2.80 bits per heavy atom. The summed E-state index contributed by atoms with van der Waals surface area (Å²) >= 11 is 0. The summed E-state index contributed by atoms with van der Waals surface area (Å²) < 4.78 is 7.87. The van der Waals surface area contributed by atoms with E-state index in [4.69, 9.17) is 4.74 Å². The van der Waals surface area contributed by atoms with Crippen molar-refractivity contribution in [3.8, 4) is 5.75 Å². The molecule has 0 bridgehead atoms. The Morgan fingerprint density at radius 1 is 1.23 bits per heavy atom. The Morgan fingerprint density at radius 2 is 2.03 bits per heavy atom. The highest BCUT2D eigenvalue weighted by Gasteiger charge is 2.57. The number of hydrogen-bond acceptors (Lipinski definition) is 6. The van der Waals surface area contributed by atoms with E-state index in [0.717, 1.165) is 80.6 Å². The van der Waals surface area contributed by atoms with E-state index < -0.39 is 0 Å². The number of carbonyl (C=O) groups is 2. The maximum absolute atomic E-state index is 13.6. The first-order valence-electron chi connectivity index (χ1n) is 13.4. The predicted octanol–water partition coefficient (Wildman–Crippen LogP) is 3.63. The Hall–Kier alpha value is -2.38. The summed E-state index contributed by atoms with van der Waals surface area (Å²) in [5.74, 6) is 0.474. The third kappa shape index (κ3) is 3.61. The van der Waals surface area contributed by atoms with E-state index >= 15 is 0 Å². The van der Waals surface area contributed by atoms with Gasteiger partial charge in [0.1, 0.15) is 12.4 Å². The molecule has 1 aromatic heterocycles. The summed E-state index contributed by atoms with van der Waals surface area (Å²) in [6.07, 6.45) is 5.16. The van der Waals surface area contributed by atoms with Crippen LogP contribution in [-0.2, 0) is 16.0 Å². The smallest absolute Gasteiger partial charge is 0.309 e. The second kappa shape index (κ2) is 8.63. The van der Waals surface area contributed by atoms with Crippen molar-refractivity contribution in [1.82, 2.24) is 14.4 Å². The highest BCUT2D eigenvalue weighted by molar-refractivity contribution is 5.99. The molecule has 35 heavy (non-hydrogen) atoms. The number of piperazine rings is 1. The van der Waals surface area contributed by atoms with Crippen LogP contribution in [0.3, 0.4) is 0 Å². The number of esters is 1. The van der Waals surface area contributed by atoms with Crippen molar-refractivity contribution in [1.29, 1.82) is 0 Å². The fraction of sp³-hybridized carbons (Fsp3) is 0.643. The van der Waals surface area contributed by atoms with Crippen LogP contribution in [0.15, 0.2) is 18.2 Å². The number of ether oxygens (including phenoxy) is 1. The van der Waals surface area contributed by atoms with Crippen molar-refractivity contribution in [2.24, 2.45) is 17.3 Å². The Bertz CT molecular complexity index is 1160. The standard InChI is InChI=1S/C28H37N3O4/c1-3-28-8-4-5-19-22(27(34)35-14-13-30-11-9-29(2)10-12-30)16-21-20-15-18(32)6-7-23(20)31(24(33)17-28)26(21)25(19)28/h6-7,15,19,22,25,32H,3-5,8-14,16-17H2,1-2H3/t19-,22+,25-,28+/m0/s1. The zero-order valence-corrected chi connectivity index (χ0v) is 21.0. The Labute approximate surface area is 207 Å². The molecule has 7 nitrogen and oxygen atoms in total. The van der Waals surface area contributed by atoms with Crippen LogP contribution in [0.1, 0.15) is 61.0 Å². The van der Waals surface area contributed by atoms with Gasteiger partial charge in [-0.25, -0.2) is 0 Å². The van der Waals surface area contributed by atoms with Crippen LogP contribution < -0.4 is 0 Å². The number of benzene rings is 1. The molecule has 3 heterocycles. The molecule has 1 aromatic carbocycles. The van der Waals surface area contributed by atoms with Crippen molar-refractivity contribution in [3.63, 3.8) is 0 Å². The van der Waals surface area contributed by atoms with Gasteiger partial charge in [-0.1, -0.05) is 13.3 Å². The fourth-order valence-electron chi connectivity index (χ4n) is 7.75. The van der Waals surface area contributed by atoms with Crippen LogP contribution in [0.4, 0.5) is 0 Å². The van der Waals surface area contributed by atoms with Crippen molar-refractivity contribution < 1.29 is 19.4 Å². The minimum Gasteiger partial charge on any atom is -0.508 e. The second-order valence-corrected chi connectivity index (χ2v) is 11.3. The molecule has 0 radical (unpaired) electrons. The average Bonchev–Trinajstić information content (AvgIpc) is 3.18. The molecule has 6 rings (SSSR count). The van der Waals surface area contributed by atoms with Gasteiger partial charge in [0.05, 0.1) is 11.4 Å². The van der Waals surface area contributed by atoms with Gasteiger partial charge in [0.25, 0.3) is 0 Å². The zero-order chi connectivity index (χ0) is 24.3. The van der Waals surface area contributed by atoms with Gasteiger partial charge in [0.15, 0.2) is 0 Å². The first-order valence-corrected chi connectivity index (χ1v) is 13.4. The van der Waals surface area contributed by atoms with E-state index in [9.17, 15) is 14.7 Å². The van der Waals surface area contributed by atoms with E-state index in [-0.39, 0.29) is 40.8 Å². The summed E-state index contributed by atoms with van der Waals surface area (Å²) in [5, 5.41) is 11.2. The number of likely N-dealkylation sites (N-methyl/N-ethyl adjacent to an activating group) is 1. The Kier molecular flexibility index (Phi) is 5.68. The van der Waals surface area contributed by atoms with Gasteiger partial charge in [-0.3, -0.25) is 19.1 Å². The molecule has 188 valence electrons. The van der Waals surface area contributed by atoms with E-state index in [1.807, 2.05) is 10.6 Å². The quantitative estimate of drug-likeness (QED) is 0.660. The average molecular weight is 480 g/mol. The molecule has 4 aliphatic rings. The third-order valence-electron chi connectivity index (χ3n) is 9.64. The fourth-order valence-corrected chi connectivity index (χ4v) is 7.75. The highest BCUT2D eigenvalue weighted by atomic mass is 16.5. The van der Waals surface area contributed by atoms with Crippen molar-refractivity contribution in [3.05, 3.63) is 29.5 Å². The first kappa shape index (κ1) is 23.0. The van der Waals surface area contributed by atoms with E-state index in [1.54, 1.807) is 12.1 Å². The van der Waals surface area contributed by atoms with Gasteiger partial charge < -0.3 is 14.7 Å². The summed E-state index contributed by atoms with van der Waals surface area (Å²) in [6.45, 7) is 7.56. The molecule has 1 saturated heterocycles. The van der Waals surface area contributed by atoms with Crippen LogP contribution in [0.5, 0.6) is 5.75 Å². The molecular weight excluding hydrogens is 442 g/mol. The SMILES string of the molecule is CC[C@]12CCC[C@@H]3[C@H]1c1c(c4cc(O)ccc4n1C(=O)C2)C[C@H]3C(=O)OCCN1CCN(C)CC1. The lowest BCUT2D eigenvalue weighted by molar-refractivity contribution is -0.153. The summed E-state index contributed by atoms with van der Waals surface area (Å²) in [4.78, 5) is 31.8. The molecule has 0 unspecified atom stereocenters. The summed E-state index contributed by atoms with van der Waals surface area (Å²) in [5.41, 5.74) is 2.98. The number of nitrogens with zero attached hydrogens (tertiary/aromatic N) is 3. The van der Waals surface area contributed by atoms with Gasteiger partial charge in [-0.05, 0) is 67.8 Å². The number of fused-ring (bicyclic) bond motifs is 3. The van der Waals surface area contributed by atoms with E-state index in [1.165, 1.54) is 0 Å². The molecule has 2 fully saturated rings. The number of carbonyl (C=O) groups excluding carboxylic acids is 2. The first-order chi connectivity index (χ1) is 16.9. The molecule has 1 saturated carbocycles. The number of hydrogen-bond donors (Lipinski definition) is 1. The molecule has 4 atom stereocenters.